The molecule has 0 spiro atoms. The molecule has 0 saturated heterocycles. The van der Waals surface area contributed by atoms with Crippen LogP contribution in [0.3, 0.4) is 0 Å². The van der Waals surface area contributed by atoms with Crippen molar-refractivity contribution < 1.29 is 12.6 Å². The van der Waals surface area contributed by atoms with Gasteiger partial charge in [0, 0.05) is 11.9 Å². The summed E-state index contributed by atoms with van der Waals surface area (Å²) in [7, 11) is -2.26. The van der Waals surface area contributed by atoms with Crippen molar-refractivity contribution in [1.82, 2.24) is 4.72 Å². The Morgan fingerprint density at radius 1 is 1.50 bits per heavy atom. The molecular formula is C6H14ClNO3S. The third-order valence-corrected chi connectivity index (χ3v) is 2.35. The molecule has 0 aliphatic heterocycles. The summed E-state index contributed by atoms with van der Waals surface area (Å²) in [5.41, 5.74) is 0. The number of hydrogen-bond acceptors (Lipinski definition) is 3. The van der Waals surface area contributed by atoms with Gasteiger partial charge in [-0.15, -0.1) is 11.6 Å². The van der Waals surface area contributed by atoms with E-state index < -0.39 is 15.2 Å². The maximum absolute atomic E-state index is 10.7. The summed E-state index contributed by atoms with van der Waals surface area (Å²) < 4.78 is 28.0. The van der Waals surface area contributed by atoms with Gasteiger partial charge in [-0.1, -0.05) is 0 Å². The van der Waals surface area contributed by atoms with Crippen molar-refractivity contribution in [2.45, 2.75) is 25.1 Å². The summed E-state index contributed by atoms with van der Waals surface area (Å²) in [6.45, 7) is 3.69. The molecule has 0 aromatic heterocycles. The van der Waals surface area contributed by atoms with Gasteiger partial charge in [0.05, 0.1) is 6.61 Å². The number of alkyl halides is 1. The fourth-order valence-electron chi connectivity index (χ4n) is 0.453. The van der Waals surface area contributed by atoms with Gasteiger partial charge in [0.15, 0.2) is 0 Å². The lowest BCUT2D eigenvalue weighted by atomic mass is 10.1. The Morgan fingerprint density at radius 2 is 2.00 bits per heavy atom. The number of halogens is 1. The normalized spacial score (nSPS) is 13.3. The van der Waals surface area contributed by atoms with Gasteiger partial charge >= 0.3 is 10.3 Å². The van der Waals surface area contributed by atoms with E-state index in [0.717, 1.165) is 0 Å². The molecule has 0 fully saturated rings. The van der Waals surface area contributed by atoms with Crippen LogP contribution in [0.25, 0.3) is 0 Å². The Kier molecular flexibility index (Phi) is 4.47. The van der Waals surface area contributed by atoms with E-state index in [0.29, 0.717) is 6.42 Å². The number of nitrogens with one attached hydrogen (secondary N) is 1. The van der Waals surface area contributed by atoms with Crippen molar-refractivity contribution in [2.24, 2.45) is 0 Å². The Labute approximate surface area is 78.5 Å². The second-order valence-corrected chi connectivity index (χ2v) is 5.52. The van der Waals surface area contributed by atoms with Crippen LogP contribution in [-0.4, -0.2) is 26.9 Å². The molecule has 4 nitrogen and oxygen atoms in total. The second kappa shape index (κ2) is 4.41. The summed E-state index contributed by atoms with van der Waals surface area (Å²) in [6, 6.07) is 0. The van der Waals surface area contributed by atoms with Crippen molar-refractivity contribution >= 4 is 21.9 Å². The van der Waals surface area contributed by atoms with Crippen LogP contribution in [0.15, 0.2) is 0 Å². The van der Waals surface area contributed by atoms with Crippen LogP contribution in [0.1, 0.15) is 20.3 Å². The molecule has 0 unspecified atom stereocenters. The molecule has 0 rings (SSSR count). The topological polar surface area (TPSA) is 55.4 Å². The van der Waals surface area contributed by atoms with Crippen LogP contribution < -0.4 is 4.72 Å². The smallest absolute Gasteiger partial charge is 0.258 e. The van der Waals surface area contributed by atoms with Crippen molar-refractivity contribution in [3.8, 4) is 0 Å². The average Bonchev–Trinajstić information content (AvgIpc) is 1.84. The third-order valence-electron chi connectivity index (χ3n) is 1.19. The van der Waals surface area contributed by atoms with E-state index in [-0.39, 0.29) is 6.61 Å². The van der Waals surface area contributed by atoms with E-state index in [1.807, 2.05) is 4.72 Å². The monoisotopic (exact) mass is 215 g/mol. The maximum Gasteiger partial charge on any atom is 0.335 e. The second-order valence-electron chi connectivity index (χ2n) is 2.95. The minimum absolute atomic E-state index is 0.0969. The van der Waals surface area contributed by atoms with Crippen molar-refractivity contribution in [3.05, 3.63) is 0 Å². The first-order valence-corrected chi connectivity index (χ1v) is 5.32. The van der Waals surface area contributed by atoms with Gasteiger partial charge in [0.25, 0.3) is 0 Å². The molecule has 0 aliphatic carbocycles. The first kappa shape index (κ1) is 12.2. The van der Waals surface area contributed by atoms with Gasteiger partial charge in [-0.3, -0.25) is 4.18 Å². The molecule has 0 aliphatic rings. The van der Waals surface area contributed by atoms with E-state index in [1.165, 1.54) is 7.05 Å². The van der Waals surface area contributed by atoms with Crippen LogP contribution in [-0.2, 0) is 14.5 Å². The van der Waals surface area contributed by atoms with Gasteiger partial charge in [0.2, 0.25) is 0 Å². The molecule has 0 heterocycles. The highest BCUT2D eigenvalue weighted by Crippen LogP contribution is 2.17. The Bertz CT molecular complexity index is 219. The highest BCUT2D eigenvalue weighted by Gasteiger charge is 2.15. The summed E-state index contributed by atoms with van der Waals surface area (Å²) in [6.07, 6.45) is 0.482. The van der Waals surface area contributed by atoms with E-state index in [9.17, 15) is 8.42 Å². The van der Waals surface area contributed by atoms with E-state index in [4.69, 9.17) is 11.6 Å². The van der Waals surface area contributed by atoms with Gasteiger partial charge in [-0.2, -0.15) is 13.1 Å². The molecule has 6 heteroatoms. The molecule has 0 aromatic carbocycles. The van der Waals surface area contributed by atoms with Gasteiger partial charge < -0.3 is 0 Å². The summed E-state index contributed by atoms with van der Waals surface area (Å²) in [5.74, 6) is 0. The molecular weight excluding hydrogens is 202 g/mol. The molecule has 74 valence electrons. The van der Waals surface area contributed by atoms with Gasteiger partial charge in [0.1, 0.15) is 0 Å². The van der Waals surface area contributed by atoms with E-state index in [2.05, 4.69) is 4.18 Å². The SMILES string of the molecule is CNS(=O)(=O)OCCC(C)(C)Cl. The quantitative estimate of drug-likeness (QED) is 0.693. The zero-order valence-corrected chi connectivity index (χ0v) is 9.00. The third kappa shape index (κ3) is 6.84. The number of rotatable bonds is 5. The highest BCUT2D eigenvalue weighted by atomic mass is 35.5. The molecule has 0 atom stereocenters. The first-order chi connectivity index (χ1) is 5.27. The summed E-state index contributed by atoms with van der Waals surface area (Å²) >= 11 is 5.81. The Morgan fingerprint density at radius 3 is 2.33 bits per heavy atom. The van der Waals surface area contributed by atoms with E-state index in [1.54, 1.807) is 13.8 Å². The fourth-order valence-corrected chi connectivity index (χ4v) is 0.951. The molecule has 0 saturated carbocycles. The first-order valence-electron chi connectivity index (χ1n) is 3.54. The Balaban J connectivity index is 3.73. The van der Waals surface area contributed by atoms with Crippen molar-refractivity contribution in [2.75, 3.05) is 13.7 Å². The zero-order valence-electron chi connectivity index (χ0n) is 7.43. The summed E-state index contributed by atoms with van der Waals surface area (Å²) in [5, 5.41) is 0. The van der Waals surface area contributed by atoms with Crippen LogP contribution in [0.5, 0.6) is 0 Å². The molecule has 0 amide bonds. The van der Waals surface area contributed by atoms with Crippen LogP contribution in [0.2, 0.25) is 0 Å². The van der Waals surface area contributed by atoms with Crippen molar-refractivity contribution in [3.63, 3.8) is 0 Å². The lowest BCUT2D eigenvalue weighted by molar-refractivity contribution is 0.294. The minimum Gasteiger partial charge on any atom is -0.258 e. The lowest BCUT2D eigenvalue weighted by Gasteiger charge is -2.14. The lowest BCUT2D eigenvalue weighted by Crippen LogP contribution is -2.24. The van der Waals surface area contributed by atoms with Crippen LogP contribution >= 0.6 is 11.6 Å². The van der Waals surface area contributed by atoms with Crippen LogP contribution in [0, 0.1) is 0 Å². The Hall–Kier alpha value is 0.160. The molecule has 0 aromatic rings. The van der Waals surface area contributed by atoms with Crippen LogP contribution in [0.4, 0.5) is 0 Å². The molecule has 1 N–H and O–H groups in total. The highest BCUT2D eigenvalue weighted by molar-refractivity contribution is 7.84. The standard InChI is InChI=1S/C6H14ClNO3S/c1-6(2,7)4-5-11-12(9,10)8-3/h8H,4-5H2,1-3H3. The zero-order chi connectivity index (χ0) is 9.83. The summed E-state index contributed by atoms with van der Waals surface area (Å²) in [4.78, 5) is -0.427. The predicted octanol–water partition coefficient (Wildman–Crippen LogP) is 0.875. The fraction of sp³-hybridized carbons (Fsp3) is 1.00. The number of hydrogen-bond donors (Lipinski definition) is 1. The average molecular weight is 216 g/mol. The van der Waals surface area contributed by atoms with E-state index >= 15 is 0 Å². The predicted molar refractivity (Wildman–Crippen MR) is 48.5 cm³/mol. The minimum atomic E-state index is -3.55. The largest absolute Gasteiger partial charge is 0.335 e. The molecule has 0 bridgehead atoms. The van der Waals surface area contributed by atoms with Gasteiger partial charge in [-0.05, 0) is 20.3 Å². The van der Waals surface area contributed by atoms with Gasteiger partial charge in [-0.25, -0.2) is 0 Å². The molecule has 0 radical (unpaired) electrons. The molecule has 12 heavy (non-hydrogen) atoms. The van der Waals surface area contributed by atoms with Crippen molar-refractivity contribution in [1.29, 1.82) is 0 Å². The maximum atomic E-state index is 10.7.